The number of nitrogens with zero attached hydrogens (tertiary/aromatic N) is 1. The Morgan fingerprint density at radius 2 is 1.21 bits per heavy atom. The summed E-state index contributed by atoms with van der Waals surface area (Å²) >= 11 is 0. The Balaban J connectivity index is 1.91. The van der Waals surface area contributed by atoms with Crippen LogP contribution in [-0.4, -0.2) is 21.5 Å². The molecule has 5 heteroatoms. The lowest BCUT2D eigenvalue weighted by Crippen LogP contribution is -2.30. The van der Waals surface area contributed by atoms with Crippen molar-refractivity contribution in [2.45, 2.75) is 5.92 Å². The second-order valence-electron chi connectivity index (χ2n) is 6.36. The number of nitrogens with one attached hydrogen (secondary N) is 1. The average molecular weight is 368 g/mol. The van der Waals surface area contributed by atoms with Crippen molar-refractivity contribution in [2.24, 2.45) is 0 Å². The number of hydrogen-bond acceptors (Lipinski definition) is 4. The summed E-state index contributed by atoms with van der Waals surface area (Å²) in [4.78, 5) is 46.3. The Kier molecular flexibility index (Phi) is 4.64. The van der Waals surface area contributed by atoms with Crippen LogP contribution in [0.2, 0.25) is 0 Å². The molecule has 0 unspecified atom stereocenters. The molecule has 0 atom stereocenters. The normalized spacial score (nSPS) is 10.9. The molecule has 0 spiro atoms. The maximum Gasteiger partial charge on any atom is 0.271 e. The van der Waals surface area contributed by atoms with E-state index in [0.717, 1.165) is 0 Å². The number of para-hydroxylation sites is 2. The quantitative estimate of drug-likeness (QED) is 0.429. The fraction of sp³-hybridized carbons (Fsp3) is 0.0435. The fourth-order valence-corrected chi connectivity index (χ4v) is 3.14. The minimum absolute atomic E-state index is 0.0959. The van der Waals surface area contributed by atoms with Crippen LogP contribution in [0.4, 0.5) is 0 Å². The van der Waals surface area contributed by atoms with Crippen molar-refractivity contribution in [1.29, 1.82) is 0 Å². The van der Waals surface area contributed by atoms with Gasteiger partial charge < -0.3 is 4.98 Å². The van der Waals surface area contributed by atoms with Crippen LogP contribution in [0.25, 0.3) is 11.0 Å². The minimum Gasteiger partial charge on any atom is -0.319 e. The van der Waals surface area contributed by atoms with Gasteiger partial charge in [-0.05, 0) is 12.1 Å². The molecule has 136 valence electrons. The van der Waals surface area contributed by atoms with Crippen molar-refractivity contribution in [3.05, 3.63) is 112 Å². The Labute approximate surface area is 160 Å². The van der Waals surface area contributed by atoms with Gasteiger partial charge >= 0.3 is 0 Å². The van der Waals surface area contributed by atoms with Crippen molar-refractivity contribution in [3.63, 3.8) is 0 Å². The zero-order chi connectivity index (χ0) is 19.5. The van der Waals surface area contributed by atoms with Crippen LogP contribution in [0.3, 0.4) is 0 Å². The second kappa shape index (κ2) is 7.40. The van der Waals surface area contributed by atoms with Crippen LogP contribution in [0.1, 0.15) is 32.3 Å². The predicted octanol–water partition coefficient (Wildman–Crippen LogP) is 3.77. The van der Waals surface area contributed by atoms with Crippen molar-refractivity contribution in [3.8, 4) is 0 Å². The van der Waals surface area contributed by atoms with E-state index in [-0.39, 0.29) is 5.69 Å². The van der Waals surface area contributed by atoms with E-state index >= 15 is 0 Å². The Bertz CT molecular complexity index is 1160. The molecule has 3 aromatic carbocycles. The summed E-state index contributed by atoms with van der Waals surface area (Å²) < 4.78 is 0. The Morgan fingerprint density at radius 1 is 0.714 bits per heavy atom. The van der Waals surface area contributed by atoms with Crippen LogP contribution in [-0.2, 0) is 0 Å². The van der Waals surface area contributed by atoms with E-state index in [2.05, 4.69) is 9.97 Å². The molecular weight excluding hydrogens is 352 g/mol. The van der Waals surface area contributed by atoms with Crippen molar-refractivity contribution >= 4 is 22.6 Å². The molecular formula is C23H16N2O3. The van der Waals surface area contributed by atoms with Gasteiger partial charge in [-0.2, -0.15) is 0 Å². The van der Waals surface area contributed by atoms with Gasteiger partial charge in [0.1, 0.15) is 11.6 Å². The molecule has 0 aliphatic carbocycles. The van der Waals surface area contributed by atoms with Gasteiger partial charge in [0.15, 0.2) is 11.6 Å². The van der Waals surface area contributed by atoms with Gasteiger partial charge in [0, 0.05) is 11.1 Å². The highest BCUT2D eigenvalue weighted by Gasteiger charge is 2.33. The first-order valence-corrected chi connectivity index (χ1v) is 8.82. The lowest BCUT2D eigenvalue weighted by Gasteiger charge is -2.15. The van der Waals surface area contributed by atoms with Gasteiger partial charge in [0.25, 0.3) is 5.56 Å². The number of H-pyrrole nitrogens is 1. The van der Waals surface area contributed by atoms with Crippen LogP contribution in [0.15, 0.2) is 89.7 Å². The molecule has 0 radical (unpaired) electrons. The third-order valence-electron chi connectivity index (χ3n) is 4.54. The third-order valence-corrected chi connectivity index (χ3v) is 4.54. The van der Waals surface area contributed by atoms with E-state index in [9.17, 15) is 14.4 Å². The molecule has 5 nitrogen and oxygen atoms in total. The standard InChI is InChI=1S/C23H16N2O3/c26-21(15-9-3-1-4-10-15)19(22(27)16-11-5-2-6-12-16)20-23(28)25-18-14-8-7-13-17(18)24-20/h1-14,19H,(H,25,28). The van der Waals surface area contributed by atoms with Crippen LogP contribution in [0.5, 0.6) is 0 Å². The molecule has 0 aliphatic heterocycles. The number of ketones is 2. The van der Waals surface area contributed by atoms with E-state index in [1.807, 2.05) is 0 Å². The predicted molar refractivity (Wildman–Crippen MR) is 107 cm³/mol. The minimum atomic E-state index is -1.32. The highest BCUT2D eigenvalue weighted by atomic mass is 16.2. The number of aromatic amines is 1. The number of benzene rings is 3. The van der Waals surface area contributed by atoms with Gasteiger partial charge in [-0.15, -0.1) is 0 Å². The highest BCUT2D eigenvalue weighted by Crippen LogP contribution is 2.23. The van der Waals surface area contributed by atoms with Crippen molar-refractivity contribution in [2.75, 3.05) is 0 Å². The summed E-state index contributed by atoms with van der Waals surface area (Å²) in [5, 5.41) is 0. The molecule has 1 aromatic heterocycles. The summed E-state index contributed by atoms with van der Waals surface area (Å²) in [5.41, 5.74) is 1.13. The monoisotopic (exact) mass is 368 g/mol. The topological polar surface area (TPSA) is 79.9 Å². The SMILES string of the molecule is O=C(c1ccccc1)C(C(=O)c1ccccc1)c1nc2ccccc2[nH]c1=O. The second-order valence-corrected chi connectivity index (χ2v) is 6.36. The third kappa shape index (κ3) is 3.25. The lowest BCUT2D eigenvalue weighted by atomic mass is 9.87. The summed E-state index contributed by atoms with van der Waals surface area (Å²) in [6.45, 7) is 0. The number of carbonyl (C=O) groups excluding carboxylic acids is 2. The molecule has 4 rings (SSSR count). The van der Waals surface area contributed by atoms with Gasteiger partial charge in [0.05, 0.1) is 11.0 Å². The van der Waals surface area contributed by atoms with E-state index in [1.165, 1.54) is 0 Å². The smallest absolute Gasteiger partial charge is 0.271 e. The lowest BCUT2D eigenvalue weighted by molar-refractivity contribution is 0.0857. The highest BCUT2D eigenvalue weighted by molar-refractivity contribution is 6.19. The van der Waals surface area contributed by atoms with Crippen LogP contribution in [0, 0.1) is 0 Å². The van der Waals surface area contributed by atoms with E-state index < -0.39 is 23.0 Å². The van der Waals surface area contributed by atoms with Gasteiger partial charge in [0.2, 0.25) is 0 Å². The molecule has 0 bridgehead atoms. The molecule has 0 fully saturated rings. The van der Waals surface area contributed by atoms with E-state index in [4.69, 9.17) is 0 Å². The maximum absolute atomic E-state index is 13.2. The molecule has 1 N–H and O–H groups in total. The van der Waals surface area contributed by atoms with E-state index in [0.29, 0.717) is 22.2 Å². The average Bonchev–Trinajstić information content (AvgIpc) is 2.75. The van der Waals surface area contributed by atoms with Crippen LogP contribution >= 0.6 is 0 Å². The number of aromatic nitrogens is 2. The number of fused-ring (bicyclic) bond motifs is 1. The Morgan fingerprint density at radius 3 is 1.79 bits per heavy atom. The fourth-order valence-electron chi connectivity index (χ4n) is 3.14. The number of rotatable bonds is 5. The molecule has 0 saturated carbocycles. The molecule has 0 saturated heterocycles. The first-order chi connectivity index (χ1) is 13.6. The van der Waals surface area contributed by atoms with Crippen LogP contribution < -0.4 is 5.56 Å². The molecule has 4 aromatic rings. The molecule has 0 aliphatic rings. The van der Waals surface area contributed by atoms with Gasteiger partial charge in [-0.25, -0.2) is 4.98 Å². The summed E-state index contributed by atoms with van der Waals surface area (Å²) in [6, 6.07) is 24.0. The van der Waals surface area contributed by atoms with Crippen molar-refractivity contribution in [1.82, 2.24) is 9.97 Å². The van der Waals surface area contributed by atoms with Gasteiger partial charge in [-0.1, -0.05) is 72.8 Å². The number of Topliss-reactive ketones (excluding diaryl/α,β-unsaturated/α-hetero) is 2. The zero-order valence-electron chi connectivity index (χ0n) is 14.8. The Hall–Kier alpha value is -3.86. The van der Waals surface area contributed by atoms with E-state index in [1.54, 1.807) is 84.9 Å². The number of hydrogen-bond donors (Lipinski definition) is 1. The summed E-state index contributed by atoms with van der Waals surface area (Å²) in [6.07, 6.45) is 0. The molecule has 1 heterocycles. The zero-order valence-corrected chi connectivity index (χ0v) is 14.8. The van der Waals surface area contributed by atoms with Gasteiger partial charge in [-0.3, -0.25) is 14.4 Å². The number of carbonyl (C=O) groups is 2. The van der Waals surface area contributed by atoms with Crippen molar-refractivity contribution < 1.29 is 9.59 Å². The first kappa shape index (κ1) is 17.5. The summed E-state index contributed by atoms with van der Waals surface area (Å²) in [5.74, 6) is -2.23. The maximum atomic E-state index is 13.2. The first-order valence-electron chi connectivity index (χ1n) is 8.82. The summed E-state index contributed by atoms with van der Waals surface area (Å²) in [7, 11) is 0. The molecule has 0 amide bonds. The largest absolute Gasteiger partial charge is 0.319 e. The molecule has 28 heavy (non-hydrogen) atoms.